The average molecular weight is 350 g/mol. The Hall–Kier alpha value is -1.63. The Morgan fingerprint density at radius 2 is 1.92 bits per heavy atom. The first-order valence-corrected chi connectivity index (χ1v) is 8.99. The predicted molar refractivity (Wildman–Crippen MR) is 98.1 cm³/mol. The molecule has 25 heavy (non-hydrogen) atoms. The number of rotatable bonds is 9. The van der Waals surface area contributed by atoms with Crippen LogP contribution >= 0.6 is 0 Å². The van der Waals surface area contributed by atoms with E-state index in [-0.39, 0.29) is 5.91 Å². The van der Waals surface area contributed by atoms with Gasteiger partial charge in [0.15, 0.2) is 0 Å². The number of carbonyl (C=O) groups excluding carboxylic acids is 1. The van der Waals surface area contributed by atoms with Gasteiger partial charge in [-0.1, -0.05) is 0 Å². The maximum atomic E-state index is 12.2. The number of benzene rings is 1. The van der Waals surface area contributed by atoms with E-state index in [1.54, 1.807) is 13.8 Å². The zero-order valence-electron chi connectivity index (χ0n) is 15.5. The van der Waals surface area contributed by atoms with Crippen LogP contribution in [0.1, 0.15) is 27.2 Å². The van der Waals surface area contributed by atoms with Crippen LogP contribution in [0.5, 0.6) is 5.75 Å². The third-order valence-corrected chi connectivity index (χ3v) is 4.16. The Labute approximate surface area is 150 Å². The fraction of sp³-hybridized carbons (Fsp3) is 0.632. The van der Waals surface area contributed by atoms with Gasteiger partial charge in [0.1, 0.15) is 11.4 Å². The SMILES string of the molecule is CCOC(C)(C)C(=O)Nc1ccc(OCCCN2CCOCC2)cc1. The van der Waals surface area contributed by atoms with Gasteiger partial charge < -0.3 is 19.5 Å². The Morgan fingerprint density at radius 1 is 1.24 bits per heavy atom. The monoisotopic (exact) mass is 350 g/mol. The lowest BCUT2D eigenvalue weighted by Crippen LogP contribution is -2.39. The molecule has 1 aromatic carbocycles. The summed E-state index contributed by atoms with van der Waals surface area (Å²) in [5.41, 5.74) is -0.109. The van der Waals surface area contributed by atoms with Crippen molar-refractivity contribution in [2.45, 2.75) is 32.8 Å². The van der Waals surface area contributed by atoms with Gasteiger partial charge in [-0.05, 0) is 51.5 Å². The maximum Gasteiger partial charge on any atom is 0.256 e. The maximum absolute atomic E-state index is 12.2. The van der Waals surface area contributed by atoms with Crippen LogP contribution in [0.25, 0.3) is 0 Å². The second kappa shape index (κ2) is 9.75. The van der Waals surface area contributed by atoms with Crippen molar-refractivity contribution >= 4 is 11.6 Å². The van der Waals surface area contributed by atoms with E-state index in [0.29, 0.717) is 13.2 Å². The normalized spacial score (nSPS) is 15.8. The second-order valence-corrected chi connectivity index (χ2v) is 6.58. The summed E-state index contributed by atoms with van der Waals surface area (Å²) < 4.78 is 16.6. The van der Waals surface area contributed by atoms with Gasteiger partial charge in [-0.2, -0.15) is 0 Å². The van der Waals surface area contributed by atoms with Crippen LogP contribution < -0.4 is 10.1 Å². The minimum absolute atomic E-state index is 0.159. The number of anilines is 1. The Kier molecular flexibility index (Phi) is 7.68. The fourth-order valence-electron chi connectivity index (χ4n) is 2.65. The minimum atomic E-state index is -0.844. The van der Waals surface area contributed by atoms with Crippen LogP contribution in [-0.2, 0) is 14.3 Å². The predicted octanol–water partition coefficient (Wildman–Crippen LogP) is 2.54. The number of ether oxygens (including phenoxy) is 3. The van der Waals surface area contributed by atoms with Gasteiger partial charge in [-0.3, -0.25) is 9.69 Å². The molecular weight excluding hydrogens is 320 g/mol. The lowest BCUT2D eigenvalue weighted by Gasteiger charge is -2.26. The zero-order valence-corrected chi connectivity index (χ0v) is 15.5. The summed E-state index contributed by atoms with van der Waals surface area (Å²) in [5, 5.41) is 2.87. The molecule has 0 bridgehead atoms. The molecule has 1 fully saturated rings. The summed E-state index contributed by atoms with van der Waals surface area (Å²) >= 11 is 0. The molecule has 0 spiro atoms. The fourth-order valence-corrected chi connectivity index (χ4v) is 2.65. The molecule has 1 aliphatic heterocycles. The molecule has 0 radical (unpaired) electrons. The first kappa shape index (κ1) is 19.7. The molecule has 6 nitrogen and oxygen atoms in total. The summed E-state index contributed by atoms with van der Waals surface area (Å²) in [7, 11) is 0. The molecule has 6 heteroatoms. The van der Waals surface area contributed by atoms with Crippen molar-refractivity contribution in [3.63, 3.8) is 0 Å². The van der Waals surface area contributed by atoms with Crippen molar-refractivity contribution in [2.75, 3.05) is 51.4 Å². The first-order chi connectivity index (χ1) is 12.0. The van der Waals surface area contributed by atoms with E-state index in [4.69, 9.17) is 14.2 Å². The molecule has 1 aliphatic rings. The summed E-state index contributed by atoms with van der Waals surface area (Å²) in [6.45, 7) is 11.3. The first-order valence-electron chi connectivity index (χ1n) is 8.99. The van der Waals surface area contributed by atoms with Crippen molar-refractivity contribution in [1.29, 1.82) is 0 Å². The van der Waals surface area contributed by atoms with Crippen LogP contribution in [-0.4, -0.2) is 62.5 Å². The molecule has 1 heterocycles. The number of morpholine rings is 1. The molecule has 0 unspecified atom stereocenters. The van der Waals surface area contributed by atoms with Gasteiger partial charge >= 0.3 is 0 Å². The molecule has 140 valence electrons. The number of hydrogen-bond acceptors (Lipinski definition) is 5. The summed E-state index contributed by atoms with van der Waals surface area (Å²) in [5.74, 6) is 0.651. The van der Waals surface area contributed by atoms with Crippen molar-refractivity contribution in [1.82, 2.24) is 4.90 Å². The number of nitrogens with one attached hydrogen (secondary N) is 1. The van der Waals surface area contributed by atoms with Crippen LogP contribution in [0.4, 0.5) is 5.69 Å². The highest BCUT2D eigenvalue weighted by Crippen LogP contribution is 2.18. The zero-order chi connectivity index (χ0) is 18.1. The third-order valence-electron chi connectivity index (χ3n) is 4.16. The number of nitrogens with zero attached hydrogens (tertiary/aromatic N) is 1. The second-order valence-electron chi connectivity index (χ2n) is 6.58. The van der Waals surface area contributed by atoms with Gasteiger partial charge in [-0.25, -0.2) is 0 Å². The number of amides is 1. The third kappa shape index (κ3) is 6.65. The number of hydrogen-bond donors (Lipinski definition) is 1. The summed E-state index contributed by atoms with van der Waals surface area (Å²) in [6, 6.07) is 7.44. The van der Waals surface area contributed by atoms with Crippen LogP contribution in [0.15, 0.2) is 24.3 Å². The molecule has 1 amide bonds. The molecule has 2 rings (SSSR count). The van der Waals surface area contributed by atoms with Gasteiger partial charge in [0.2, 0.25) is 0 Å². The van der Waals surface area contributed by atoms with Crippen molar-refractivity contribution in [3.05, 3.63) is 24.3 Å². The molecule has 0 aliphatic carbocycles. The van der Waals surface area contributed by atoms with E-state index >= 15 is 0 Å². The molecule has 1 aromatic rings. The van der Waals surface area contributed by atoms with E-state index in [1.807, 2.05) is 31.2 Å². The van der Waals surface area contributed by atoms with Gasteiger partial charge in [0.05, 0.1) is 19.8 Å². The molecule has 0 saturated carbocycles. The largest absolute Gasteiger partial charge is 0.494 e. The topological polar surface area (TPSA) is 60.0 Å². The molecule has 1 saturated heterocycles. The van der Waals surface area contributed by atoms with Crippen LogP contribution in [0.2, 0.25) is 0 Å². The lowest BCUT2D eigenvalue weighted by atomic mass is 10.1. The van der Waals surface area contributed by atoms with Gasteiger partial charge in [0.25, 0.3) is 5.91 Å². The van der Waals surface area contributed by atoms with Gasteiger partial charge in [-0.15, -0.1) is 0 Å². The number of carbonyl (C=O) groups is 1. The highest BCUT2D eigenvalue weighted by molar-refractivity contribution is 5.96. The van der Waals surface area contributed by atoms with Crippen LogP contribution in [0.3, 0.4) is 0 Å². The van der Waals surface area contributed by atoms with Crippen LogP contribution in [0, 0.1) is 0 Å². The van der Waals surface area contributed by atoms with Crippen molar-refractivity contribution in [2.24, 2.45) is 0 Å². The summed E-state index contributed by atoms with van der Waals surface area (Å²) in [6.07, 6.45) is 0.987. The molecule has 0 atom stereocenters. The van der Waals surface area contributed by atoms with Crippen molar-refractivity contribution in [3.8, 4) is 5.75 Å². The van der Waals surface area contributed by atoms with E-state index in [2.05, 4.69) is 10.2 Å². The molecular formula is C19H30N2O4. The molecule has 1 N–H and O–H groups in total. The van der Waals surface area contributed by atoms with E-state index in [9.17, 15) is 4.79 Å². The smallest absolute Gasteiger partial charge is 0.256 e. The minimum Gasteiger partial charge on any atom is -0.494 e. The summed E-state index contributed by atoms with van der Waals surface area (Å²) in [4.78, 5) is 14.6. The highest BCUT2D eigenvalue weighted by Gasteiger charge is 2.27. The Morgan fingerprint density at radius 3 is 2.56 bits per heavy atom. The van der Waals surface area contributed by atoms with Gasteiger partial charge in [0, 0.05) is 31.9 Å². The van der Waals surface area contributed by atoms with E-state index in [0.717, 1.165) is 50.7 Å². The Bertz CT molecular complexity index is 525. The standard InChI is InChI=1S/C19H30N2O4/c1-4-25-19(2,3)18(22)20-16-6-8-17(9-7-16)24-13-5-10-21-11-14-23-15-12-21/h6-9H,4-5,10-15H2,1-3H3,(H,20,22). The molecule has 0 aromatic heterocycles. The highest BCUT2D eigenvalue weighted by atomic mass is 16.5. The quantitative estimate of drug-likeness (QED) is 0.694. The Balaban J connectivity index is 1.71. The van der Waals surface area contributed by atoms with E-state index < -0.39 is 5.60 Å². The average Bonchev–Trinajstić information content (AvgIpc) is 2.61. The van der Waals surface area contributed by atoms with Crippen molar-refractivity contribution < 1.29 is 19.0 Å². The lowest BCUT2D eigenvalue weighted by molar-refractivity contribution is -0.136. The van der Waals surface area contributed by atoms with E-state index in [1.165, 1.54) is 0 Å².